The number of hydrogen-bond donors (Lipinski definition) is 2. The molecule has 0 aliphatic rings. The third-order valence-corrected chi connectivity index (χ3v) is 3.85. The van der Waals surface area contributed by atoms with Crippen LogP contribution in [0.2, 0.25) is 0 Å². The number of nitrogens with one attached hydrogen (secondary N) is 2. The summed E-state index contributed by atoms with van der Waals surface area (Å²) in [6, 6.07) is 14.9. The van der Waals surface area contributed by atoms with Gasteiger partial charge in [0.15, 0.2) is 6.61 Å². The summed E-state index contributed by atoms with van der Waals surface area (Å²) in [7, 11) is 3.90. The molecule has 0 aliphatic carbocycles. The van der Waals surface area contributed by atoms with Crippen molar-refractivity contribution in [3.05, 3.63) is 54.1 Å². The van der Waals surface area contributed by atoms with Gasteiger partial charge in [0.1, 0.15) is 5.75 Å². The van der Waals surface area contributed by atoms with E-state index in [9.17, 15) is 9.59 Å². The largest absolute Gasteiger partial charge is 0.484 e. The highest BCUT2D eigenvalue weighted by Crippen LogP contribution is 2.15. The Kier molecular flexibility index (Phi) is 7.56. The first-order valence-electron chi connectivity index (χ1n) is 8.92. The fourth-order valence-electron chi connectivity index (χ4n) is 2.29. The molecule has 0 heterocycles. The van der Waals surface area contributed by atoms with Crippen molar-refractivity contribution in [1.29, 1.82) is 0 Å². The number of rotatable bonds is 8. The van der Waals surface area contributed by atoms with Crippen LogP contribution in [0.1, 0.15) is 18.9 Å². The average molecular weight is 382 g/mol. The van der Waals surface area contributed by atoms with Crippen molar-refractivity contribution in [2.75, 3.05) is 30.9 Å². The maximum Gasteiger partial charge on any atom is 0.277 e. The third kappa shape index (κ3) is 7.11. The second-order valence-electron chi connectivity index (χ2n) is 6.65. The first-order chi connectivity index (χ1) is 13.3. The van der Waals surface area contributed by atoms with Gasteiger partial charge in [0.05, 0.1) is 6.42 Å². The Balaban J connectivity index is 1.75. The minimum atomic E-state index is -0.389. The molecule has 7 nitrogen and oxygen atoms in total. The van der Waals surface area contributed by atoms with Crippen LogP contribution in [0.15, 0.2) is 53.6 Å². The molecule has 0 spiro atoms. The van der Waals surface area contributed by atoms with Crippen molar-refractivity contribution in [3.63, 3.8) is 0 Å². The topological polar surface area (TPSA) is 83.0 Å². The second kappa shape index (κ2) is 10.1. The first kappa shape index (κ1) is 21.0. The summed E-state index contributed by atoms with van der Waals surface area (Å²) < 4.78 is 5.38. The average Bonchev–Trinajstić information content (AvgIpc) is 2.66. The normalized spacial score (nSPS) is 10.9. The predicted octanol–water partition coefficient (Wildman–Crippen LogP) is 2.96. The monoisotopic (exact) mass is 382 g/mol. The smallest absolute Gasteiger partial charge is 0.277 e. The van der Waals surface area contributed by atoms with Gasteiger partial charge in [-0.05, 0) is 50.2 Å². The highest BCUT2D eigenvalue weighted by molar-refractivity contribution is 6.05. The molecule has 2 N–H and O–H groups in total. The molecule has 0 unspecified atom stereocenters. The van der Waals surface area contributed by atoms with Gasteiger partial charge in [-0.2, -0.15) is 5.10 Å². The SMILES string of the molecule is CC(CC(=O)Nc1ccc(N(C)C)cc1)=NNC(=O)COc1ccc(C)cc1. The zero-order valence-electron chi connectivity index (χ0n) is 16.7. The number of aryl methyl sites for hydroxylation is 1. The van der Waals surface area contributed by atoms with Crippen LogP contribution in [-0.4, -0.2) is 38.2 Å². The van der Waals surface area contributed by atoms with Crippen molar-refractivity contribution >= 4 is 28.9 Å². The molecule has 0 atom stereocenters. The van der Waals surface area contributed by atoms with E-state index in [0.717, 1.165) is 11.3 Å². The zero-order valence-corrected chi connectivity index (χ0v) is 16.7. The van der Waals surface area contributed by atoms with E-state index in [2.05, 4.69) is 15.8 Å². The van der Waals surface area contributed by atoms with Gasteiger partial charge in [-0.1, -0.05) is 17.7 Å². The summed E-state index contributed by atoms with van der Waals surface area (Å²) >= 11 is 0. The van der Waals surface area contributed by atoms with E-state index in [-0.39, 0.29) is 24.8 Å². The van der Waals surface area contributed by atoms with Crippen molar-refractivity contribution in [3.8, 4) is 5.75 Å². The Morgan fingerprint density at radius 2 is 1.64 bits per heavy atom. The minimum absolute atomic E-state index is 0.0779. The number of nitrogens with zero attached hydrogens (tertiary/aromatic N) is 2. The van der Waals surface area contributed by atoms with Gasteiger partial charge in [-0.15, -0.1) is 0 Å². The number of carbonyl (C=O) groups excluding carboxylic acids is 2. The van der Waals surface area contributed by atoms with E-state index >= 15 is 0 Å². The van der Waals surface area contributed by atoms with Crippen molar-refractivity contribution < 1.29 is 14.3 Å². The Morgan fingerprint density at radius 1 is 1.00 bits per heavy atom. The fourth-order valence-corrected chi connectivity index (χ4v) is 2.29. The Bertz CT molecular complexity index is 828. The molecule has 28 heavy (non-hydrogen) atoms. The number of hydrogen-bond acceptors (Lipinski definition) is 5. The quantitative estimate of drug-likeness (QED) is 0.543. The summed E-state index contributed by atoms with van der Waals surface area (Å²) in [6.45, 7) is 3.50. The van der Waals surface area contributed by atoms with E-state index in [1.54, 1.807) is 19.1 Å². The van der Waals surface area contributed by atoms with Crippen LogP contribution in [0.4, 0.5) is 11.4 Å². The van der Waals surface area contributed by atoms with Crippen LogP contribution in [-0.2, 0) is 9.59 Å². The van der Waals surface area contributed by atoms with E-state index in [1.165, 1.54) is 0 Å². The number of carbonyl (C=O) groups is 2. The molecule has 148 valence electrons. The van der Waals surface area contributed by atoms with Crippen LogP contribution in [0, 0.1) is 6.92 Å². The molecule has 2 rings (SSSR count). The lowest BCUT2D eigenvalue weighted by atomic mass is 10.2. The lowest BCUT2D eigenvalue weighted by molar-refractivity contribution is -0.123. The van der Waals surface area contributed by atoms with Crippen LogP contribution in [0.3, 0.4) is 0 Å². The highest BCUT2D eigenvalue weighted by atomic mass is 16.5. The van der Waals surface area contributed by atoms with E-state index in [0.29, 0.717) is 17.1 Å². The minimum Gasteiger partial charge on any atom is -0.484 e. The van der Waals surface area contributed by atoms with Crippen LogP contribution in [0.5, 0.6) is 5.75 Å². The van der Waals surface area contributed by atoms with Gasteiger partial charge in [0, 0.05) is 31.2 Å². The number of benzene rings is 2. The summed E-state index contributed by atoms with van der Waals surface area (Å²) in [4.78, 5) is 25.9. The van der Waals surface area contributed by atoms with E-state index < -0.39 is 0 Å². The Hall–Kier alpha value is -3.35. The predicted molar refractivity (Wildman–Crippen MR) is 112 cm³/mol. The van der Waals surface area contributed by atoms with Crippen LogP contribution in [0.25, 0.3) is 0 Å². The lowest BCUT2D eigenvalue weighted by Gasteiger charge is -2.13. The molecule has 2 amide bonds. The summed E-state index contributed by atoms with van der Waals surface area (Å²) in [5, 5.41) is 6.74. The zero-order chi connectivity index (χ0) is 20.5. The van der Waals surface area contributed by atoms with Crippen LogP contribution < -0.4 is 20.4 Å². The molecule has 0 aromatic heterocycles. The molecule has 2 aromatic rings. The van der Waals surface area contributed by atoms with Gasteiger partial charge in [0.25, 0.3) is 5.91 Å². The molecule has 0 saturated heterocycles. The standard InChI is InChI=1S/C21H26N4O3/c1-15-5-11-19(12-6-15)28-14-21(27)24-23-16(2)13-20(26)22-17-7-9-18(10-8-17)25(3)4/h5-12H,13-14H2,1-4H3,(H,22,26)(H,24,27). The van der Waals surface area contributed by atoms with Gasteiger partial charge in [-0.3, -0.25) is 9.59 Å². The van der Waals surface area contributed by atoms with E-state index in [4.69, 9.17) is 4.74 Å². The van der Waals surface area contributed by atoms with Gasteiger partial charge < -0.3 is 15.0 Å². The molecule has 0 saturated carbocycles. The first-order valence-corrected chi connectivity index (χ1v) is 8.92. The van der Waals surface area contributed by atoms with Crippen molar-refractivity contribution in [1.82, 2.24) is 5.43 Å². The molecular formula is C21H26N4O3. The number of hydrazone groups is 1. The van der Waals surface area contributed by atoms with Gasteiger partial charge in [-0.25, -0.2) is 5.43 Å². The van der Waals surface area contributed by atoms with Crippen molar-refractivity contribution in [2.24, 2.45) is 5.10 Å². The number of amides is 2. The summed E-state index contributed by atoms with van der Waals surface area (Å²) in [5.74, 6) is 0.0183. The second-order valence-corrected chi connectivity index (χ2v) is 6.65. The van der Waals surface area contributed by atoms with Gasteiger partial charge in [0.2, 0.25) is 5.91 Å². The number of anilines is 2. The van der Waals surface area contributed by atoms with Crippen LogP contribution >= 0.6 is 0 Å². The summed E-state index contributed by atoms with van der Waals surface area (Å²) in [5.41, 5.74) is 5.75. The van der Waals surface area contributed by atoms with E-state index in [1.807, 2.05) is 62.3 Å². The molecular weight excluding hydrogens is 356 g/mol. The van der Waals surface area contributed by atoms with Gasteiger partial charge >= 0.3 is 0 Å². The molecule has 0 bridgehead atoms. The maximum atomic E-state index is 12.1. The Morgan fingerprint density at radius 3 is 2.25 bits per heavy atom. The molecule has 0 aliphatic heterocycles. The Labute approximate surface area is 165 Å². The number of ether oxygens (including phenoxy) is 1. The highest BCUT2D eigenvalue weighted by Gasteiger charge is 2.07. The van der Waals surface area contributed by atoms with Crippen molar-refractivity contribution in [2.45, 2.75) is 20.3 Å². The fraction of sp³-hybridized carbons (Fsp3) is 0.286. The molecule has 0 fully saturated rings. The summed E-state index contributed by atoms with van der Waals surface area (Å²) in [6.07, 6.45) is 0.0779. The molecule has 0 radical (unpaired) electrons. The maximum absolute atomic E-state index is 12.1. The lowest BCUT2D eigenvalue weighted by Crippen LogP contribution is -2.26. The molecule has 7 heteroatoms. The molecule has 2 aromatic carbocycles. The third-order valence-electron chi connectivity index (χ3n) is 3.85.